The molecule has 2 amide bonds. The highest BCUT2D eigenvalue weighted by atomic mass is 35.5. The van der Waals surface area contributed by atoms with Crippen molar-refractivity contribution in [2.75, 3.05) is 5.32 Å². The van der Waals surface area contributed by atoms with Crippen molar-refractivity contribution in [1.82, 2.24) is 9.88 Å². The molecule has 1 unspecified atom stereocenters. The summed E-state index contributed by atoms with van der Waals surface area (Å²) in [4.78, 5) is 38.6. The lowest BCUT2D eigenvalue weighted by Crippen LogP contribution is -2.21. The van der Waals surface area contributed by atoms with Crippen molar-refractivity contribution in [2.24, 2.45) is 7.05 Å². The third-order valence-electron chi connectivity index (χ3n) is 6.24. The molecule has 12 heteroatoms. The summed E-state index contributed by atoms with van der Waals surface area (Å²) < 4.78 is 68.9. The van der Waals surface area contributed by atoms with Gasteiger partial charge in [0.2, 0.25) is 0 Å². The van der Waals surface area contributed by atoms with Crippen LogP contribution in [0, 0.1) is 11.6 Å². The topological polar surface area (TPSA) is 80.2 Å². The Kier molecular flexibility index (Phi) is 5.98. The summed E-state index contributed by atoms with van der Waals surface area (Å²) in [6, 6.07) is 7.83. The van der Waals surface area contributed by atoms with Gasteiger partial charge in [0.1, 0.15) is 11.6 Å². The molecule has 0 spiro atoms. The molecular formula is C26H15ClF5N3O3. The van der Waals surface area contributed by atoms with Crippen molar-refractivity contribution < 1.29 is 31.5 Å². The molecule has 0 bridgehead atoms. The molecule has 194 valence electrons. The first-order valence-corrected chi connectivity index (χ1v) is 11.3. The fourth-order valence-corrected chi connectivity index (χ4v) is 4.76. The van der Waals surface area contributed by atoms with Crippen LogP contribution in [0.5, 0.6) is 0 Å². The Balaban J connectivity index is 1.73. The van der Waals surface area contributed by atoms with E-state index in [-0.39, 0.29) is 39.0 Å². The van der Waals surface area contributed by atoms with E-state index < -0.39 is 52.4 Å². The quantitative estimate of drug-likeness (QED) is 0.329. The molecule has 2 N–H and O–H groups in total. The second-order valence-corrected chi connectivity index (χ2v) is 9.04. The zero-order valence-corrected chi connectivity index (χ0v) is 20.0. The minimum absolute atomic E-state index is 0.0152. The fraction of sp³-hybridized carbons (Fsp3) is 0.115. The predicted molar refractivity (Wildman–Crippen MR) is 129 cm³/mol. The van der Waals surface area contributed by atoms with Crippen LogP contribution in [0.25, 0.3) is 10.9 Å². The van der Waals surface area contributed by atoms with Gasteiger partial charge in [-0.1, -0.05) is 11.6 Å². The molecule has 1 aliphatic heterocycles. The van der Waals surface area contributed by atoms with Crippen LogP contribution in [0.2, 0.25) is 5.02 Å². The van der Waals surface area contributed by atoms with E-state index in [1.54, 1.807) is 0 Å². The normalized spacial score (nSPS) is 14.9. The Hall–Kier alpha value is -4.25. The van der Waals surface area contributed by atoms with Crippen LogP contribution in [0.4, 0.5) is 27.6 Å². The number of pyridine rings is 1. The van der Waals surface area contributed by atoms with Crippen LogP contribution in [-0.4, -0.2) is 16.4 Å². The van der Waals surface area contributed by atoms with Crippen molar-refractivity contribution in [3.8, 4) is 0 Å². The van der Waals surface area contributed by atoms with Crippen molar-refractivity contribution in [1.29, 1.82) is 0 Å². The Morgan fingerprint density at radius 2 is 1.74 bits per heavy atom. The maximum atomic E-state index is 14.1. The Bertz CT molecular complexity index is 1730. The van der Waals surface area contributed by atoms with Gasteiger partial charge in [-0.3, -0.25) is 14.4 Å². The smallest absolute Gasteiger partial charge is 0.341 e. The zero-order valence-electron chi connectivity index (χ0n) is 19.2. The van der Waals surface area contributed by atoms with E-state index in [1.165, 1.54) is 35.9 Å². The van der Waals surface area contributed by atoms with E-state index in [4.69, 9.17) is 11.6 Å². The van der Waals surface area contributed by atoms with Crippen molar-refractivity contribution in [3.05, 3.63) is 109 Å². The van der Waals surface area contributed by atoms with Crippen LogP contribution in [0.1, 0.15) is 43.4 Å². The van der Waals surface area contributed by atoms with E-state index in [2.05, 4.69) is 10.6 Å². The molecule has 2 heterocycles. The summed E-state index contributed by atoms with van der Waals surface area (Å²) in [5, 5.41) is 5.56. The lowest BCUT2D eigenvalue weighted by Gasteiger charge is -2.19. The largest absolute Gasteiger partial charge is 0.416 e. The summed E-state index contributed by atoms with van der Waals surface area (Å²) in [5.41, 5.74) is -2.00. The predicted octanol–water partition coefficient (Wildman–Crippen LogP) is 5.57. The highest BCUT2D eigenvalue weighted by molar-refractivity contribution is 6.31. The maximum Gasteiger partial charge on any atom is 0.416 e. The maximum absolute atomic E-state index is 14.1. The Labute approximate surface area is 215 Å². The van der Waals surface area contributed by atoms with E-state index in [0.717, 1.165) is 12.1 Å². The van der Waals surface area contributed by atoms with E-state index in [1.807, 2.05) is 0 Å². The number of halogens is 6. The zero-order chi connectivity index (χ0) is 27.5. The van der Waals surface area contributed by atoms with Gasteiger partial charge in [-0.2, -0.15) is 13.2 Å². The van der Waals surface area contributed by atoms with Gasteiger partial charge in [-0.05, 0) is 48.5 Å². The van der Waals surface area contributed by atoms with E-state index in [9.17, 15) is 36.3 Å². The Morgan fingerprint density at radius 3 is 2.45 bits per heavy atom. The summed E-state index contributed by atoms with van der Waals surface area (Å²) >= 11 is 6.29. The number of aryl methyl sites for hydroxylation is 1. The number of hydrogen-bond donors (Lipinski definition) is 2. The first kappa shape index (κ1) is 25.4. The summed E-state index contributed by atoms with van der Waals surface area (Å²) in [7, 11) is 1.43. The first-order chi connectivity index (χ1) is 17.8. The van der Waals surface area contributed by atoms with E-state index in [0.29, 0.717) is 17.5 Å². The van der Waals surface area contributed by atoms with Gasteiger partial charge in [0, 0.05) is 45.9 Å². The second-order valence-electron chi connectivity index (χ2n) is 8.63. The molecule has 3 aromatic carbocycles. The van der Waals surface area contributed by atoms with Gasteiger partial charge in [0.15, 0.2) is 0 Å². The molecule has 1 atom stereocenters. The first-order valence-electron chi connectivity index (χ1n) is 11.0. The molecule has 0 fully saturated rings. The number of fused-ring (bicyclic) bond motifs is 3. The van der Waals surface area contributed by atoms with Crippen LogP contribution in [0.15, 0.2) is 59.4 Å². The Morgan fingerprint density at radius 1 is 1.00 bits per heavy atom. The number of rotatable bonds is 3. The van der Waals surface area contributed by atoms with Gasteiger partial charge in [0.05, 0.1) is 22.7 Å². The van der Waals surface area contributed by atoms with Crippen LogP contribution in [0.3, 0.4) is 0 Å². The second kappa shape index (κ2) is 8.95. The molecule has 5 rings (SSSR count). The third kappa shape index (κ3) is 4.28. The minimum atomic E-state index is -4.90. The number of carbonyl (C=O) groups is 2. The number of anilines is 1. The van der Waals surface area contributed by atoms with Crippen LogP contribution >= 0.6 is 11.6 Å². The van der Waals surface area contributed by atoms with Gasteiger partial charge in [-0.25, -0.2) is 8.78 Å². The van der Waals surface area contributed by atoms with Gasteiger partial charge < -0.3 is 15.2 Å². The lowest BCUT2D eigenvalue weighted by atomic mass is 9.93. The van der Waals surface area contributed by atoms with Crippen molar-refractivity contribution in [3.63, 3.8) is 0 Å². The van der Waals surface area contributed by atoms with E-state index >= 15 is 0 Å². The lowest BCUT2D eigenvalue weighted by molar-refractivity contribution is -0.137. The molecule has 1 aliphatic rings. The number of nitrogens with zero attached hydrogens (tertiary/aromatic N) is 1. The molecule has 1 aromatic heterocycles. The number of nitrogens with one attached hydrogen (secondary N) is 2. The molecule has 0 saturated carbocycles. The number of alkyl halides is 3. The number of hydrogen-bond acceptors (Lipinski definition) is 3. The summed E-state index contributed by atoms with van der Waals surface area (Å²) in [6.45, 7) is 0. The van der Waals surface area contributed by atoms with Gasteiger partial charge in [0.25, 0.3) is 17.4 Å². The molecule has 6 nitrogen and oxygen atoms in total. The minimum Gasteiger partial charge on any atom is -0.341 e. The highest BCUT2D eigenvalue weighted by Gasteiger charge is 2.37. The SMILES string of the molecule is Cn1c(=O)ccc2cc(NC(=O)c3cc(F)cc(C(F)(F)F)c3)c3c(c21)C(=O)NC3c1cc(F)ccc1Cl. The number of aromatic nitrogens is 1. The standard InChI is InChI=1S/C26H15ClF5N3O3/c1-35-19(36)5-2-11-8-18(33-24(37)12-6-13(26(30,31)32)9-15(29)7-12)20-21(23(11)35)25(38)34-22(20)16-10-14(28)3-4-17(16)27/h2-10,22H,1H3,(H,33,37)(H,34,38). The monoisotopic (exact) mass is 547 g/mol. The van der Waals surface area contributed by atoms with Crippen molar-refractivity contribution in [2.45, 2.75) is 12.2 Å². The van der Waals surface area contributed by atoms with Gasteiger partial charge in [-0.15, -0.1) is 0 Å². The average molecular weight is 548 g/mol. The molecule has 4 aromatic rings. The number of amides is 2. The number of benzene rings is 3. The number of carbonyl (C=O) groups excluding carboxylic acids is 2. The fourth-order valence-electron chi connectivity index (χ4n) is 4.54. The molecule has 0 aliphatic carbocycles. The average Bonchev–Trinajstić information content (AvgIpc) is 3.19. The van der Waals surface area contributed by atoms with Gasteiger partial charge >= 0.3 is 6.18 Å². The summed E-state index contributed by atoms with van der Waals surface area (Å²) in [6.07, 6.45) is -4.90. The molecule has 0 radical (unpaired) electrons. The summed E-state index contributed by atoms with van der Waals surface area (Å²) in [5.74, 6) is -3.68. The molecule has 0 saturated heterocycles. The van der Waals surface area contributed by atoms with Crippen LogP contribution < -0.4 is 16.2 Å². The third-order valence-corrected chi connectivity index (χ3v) is 6.58. The van der Waals surface area contributed by atoms with Crippen molar-refractivity contribution >= 4 is 40.0 Å². The highest BCUT2D eigenvalue weighted by Crippen LogP contribution is 2.42. The molecular weight excluding hydrogens is 533 g/mol. The molecule has 38 heavy (non-hydrogen) atoms. The van der Waals surface area contributed by atoms with Crippen LogP contribution in [-0.2, 0) is 13.2 Å².